The van der Waals surface area contributed by atoms with E-state index >= 15 is 0 Å². The van der Waals surface area contributed by atoms with Crippen LogP contribution in [-0.2, 0) is 13.1 Å². The molecule has 0 fully saturated rings. The van der Waals surface area contributed by atoms with E-state index in [1.54, 1.807) is 11.3 Å². The topological polar surface area (TPSA) is 29.9 Å². The lowest BCUT2D eigenvalue weighted by atomic mass is 10.2. The number of thiazole rings is 1. The predicted octanol–water partition coefficient (Wildman–Crippen LogP) is 2.72. The summed E-state index contributed by atoms with van der Waals surface area (Å²) < 4.78 is 2.27. The molecule has 0 bridgehead atoms. The number of nitrogens with one attached hydrogen (secondary N) is 1. The molecular weight excluding hydrogens is 230 g/mol. The number of hydrogen-bond donors (Lipinski definition) is 1. The fraction of sp³-hybridized carbons (Fsp3) is 0.462. The Labute approximate surface area is 107 Å². The highest BCUT2D eigenvalue weighted by Crippen LogP contribution is 2.15. The molecule has 0 aromatic carbocycles. The maximum absolute atomic E-state index is 4.50. The molecule has 0 aliphatic carbocycles. The molecule has 1 N–H and O–H groups in total. The molecule has 0 atom stereocenters. The van der Waals surface area contributed by atoms with E-state index < -0.39 is 0 Å². The standard InChI is InChI=1S/C13H19N3S/c1-4-14-7-12-5-6-16(11(12)3)8-13-15-10(2)9-17-13/h5-6,9,14H,4,7-8H2,1-3H3. The molecule has 2 rings (SSSR count). The van der Waals surface area contributed by atoms with E-state index in [9.17, 15) is 0 Å². The fourth-order valence-corrected chi connectivity index (χ4v) is 2.61. The van der Waals surface area contributed by atoms with E-state index in [1.165, 1.54) is 16.3 Å². The van der Waals surface area contributed by atoms with Gasteiger partial charge < -0.3 is 9.88 Å². The normalized spacial score (nSPS) is 11.0. The van der Waals surface area contributed by atoms with Gasteiger partial charge in [-0.15, -0.1) is 11.3 Å². The Hall–Kier alpha value is -1.13. The summed E-state index contributed by atoms with van der Waals surface area (Å²) in [5.74, 6) is 0. The van der Waals surface area contributed by atoms with Crippen molar-refractivity contribution in [3.8, 4) is 0 Å². The Morgan fingerprint density at radius 3 is 2.88 bits per heavy atom. The molecule has 17 heavy (non-hydrogen) atoms. The van der Waals surface area contributed by atoms with Gasteiger partial charge in [0, 0.05) is 29.5 Å². The van der Waals surface area contributed by atoms with Crippen LogP contribution in [0.25, 0.3) is 0 Å². The molecule has 0 aliphatic rings. The van der Waals surface area contributed by atoms with E-state index in [2.05, 4.69) is 46.4 Å². The molecule has 0 aliphatic heterocycles. The van der Waals surface area contributed by atoms with Crippen LogP contribution in [0.3, 0.4) is 0 Å². The summed E-state index contributed by atoms with van der Waals surface area (Å²) >= 11 is 1.73. The molecule has 0 amide bonds. The van der Waals surface area contributed by atoms with Crippen LogP contribution in [0.15, 0.2) is 17.6 Å². The summed E-state index contributed by atoms with van der Waals surface area (Å²) in [4.78, 5) is 4.50. The zero-order chi connectivity index (χ0) is 12.3. The average Bonchev–Trinajstić information content (AvgIpc) is 2.86. The smallest absolute Gasteiger partial charge is 0.113 e. The first-order chi connectivity index (χ1) is 8.20. The van der Waals surface area contributed by atoms with Crippen molar-refractivity contribution >= 4 is 11.3 Å². The molecule has 0 radical (unpaired) electrons. The van der Waals surface area contributed by atoms with Gasteiger partial charge in [0.25, 0.3) is 0 Å². The van der Waals surface area contributed by atoms with Gasteiger partial charge in [-0.25, -0.2) is 4.98 Å². The van der Waals surface area contributed by atoms with Crippen LogP contribution in [0.4, 0.5) is 0 Å². The molecule has 2 aromatic heterocycles. The van der Waals surface area contributed by atoms with Gasteiger partial charge in [-0.3, -0.25) is 0 Å². The molecule has 2 aromatic rings. The van der Waals surface area contributed by atoms with E-state index in [-0.39, 0.29) is 0 Å². The van der Waals surface area contributed by atoms with Gasteiger partial charge in [-0.05, 0) is 32.0 Å². The molecule has 92 valence electrons. The Bertz CT molecular complexity index is 485. The summed E-state index contributed by atoms with van der Waals surface area (Å²) in [6, 6.07) is 2.19. The lowest BCUT2D eigenvalue weighted by Crippen LogP contribution is -2.12. The first-order valence-corrected chi connectivity index (χ1v) is 6.85. The van der Waals surface area contributed by atoms with Crippen molar-refractivity contribution in [1.29, 1.82) is 0 Å². The minimum atomic E-state index is 0.885. The van der Waals surface area contributed by atoms with Crippen LogP contribution < -0.4 is 5.32 Å². The maximum Gasteiger partial charge on any atom is 0.113 e. The largest absolute Gasteiger partial charge is 0.345 e. The highest BCUT2D eigenvalue weighted by atomic mass is 32.1. The van der Waals surface area contributed by atoms with Crippen molar-refractivity contribution in [1.82, 2.24) is 14.9 Å². The summed E-state index contributed by atoms with van der Waals surface area (Å²) in [7, 11) is 0. The van der Waals surface area contributed by atoms with Crippen molar-refractivity contribution in [3.63, 3.8) is 0 Å². The van der Waals surface area contributed by atoms with Gasteiger partial charge in [-0.2, -0.15) is 0 Å². The third-order valence-corrected chi connectivity index (χ3v) is 3.84. The quantitative estimate of drug-likeness (QED) is 0.883. The molecule has 0 unspecified atom stereocenters. The van der Waals surface area contributed by atoms with Crippen LogP contribution >= 0.6 is 11.3 Å². The zero-order valence-electron chi connectivity index (χ0n) is 10.7. The maximum atomic E-state index is 4.50. The van der Waals surface area contributed by atoms with Crippen molar-refractivity contribution in [2.24, 2.45) is 0 Å². The van der Waals surface area contributed by atoms with Crippen molar-refractivity contribution < 1.29 is 0 Å². The van der Waals surface area contributed by atoms with Crippen molar-refractivity contribution in [2.75, 3.05) is 6.54 Å². The Balaban J connectivity index is 2.09. The van der Waals surface area contributed by atoms with E-state index in [4.69, 9.17) is 0 Å². The summed E-state index contributed by atoms with van der Waals surface area (Å²) in [5, 5.41) is 6.64. The molecule has 0 saturated carbocycles. The van der Waals surface area contributed by atoms with E-state index in [0.29, 0.717) is 0 Å². The zero-order valence-corrected chi connectivity index (χ0v) is 11.5. The summed E-state index contributed by atoms with van der Waals surface area (Å²) in [5.41, 5.74) is 3.82. The third kappa shape index (κ3) is 2.96. The number of hydrogen-bond acceptors (Lipinski definition) is 3. The highest BCUT2D eigenvalue weighted by Gasteiger charge is 2.06. The van der Waals surface area contributed by atoms with Crippen LogP contribution in [0.5, 0.6) is 0 Å². The second kappa shape index (κ2) is 5.47. The average molecular weight is 249 g/mol. The van der Waals surface area contributed by atoms with Crippen LogP contribution in [0.1, 0.15) is 28.9 Å². The molecule has 2 heterocycles. The fourth-order valence-electron chi connectivity index (χ4n) is 1.84. The van der Waals surface area contributed by atoms with E-state index in [0.717, 1.165) is 25.3 Å². The first kappa shape index (κ1) is 12.3. The lowest BCUT2D eigenvalue weighted by molar-refractivity contribution is 0.709. The van der Waals surface area contributed by atoms with Crippen LogP contribution in [0.2, 0.25) is 0 Å². The summed E-state index contributed by atoms with van der Waals surface area (Å²) in [6.07, 6.45) is 2.15. The second-order valence-corrected chi connectivity index (χ2v) is 5.16. The molecule has 3 nitrogen and oxygen atoms in total. The number of nitrogens with zero attached hydrogens (tertiary/aromatic N) is 2. The van der Waals surface area contributed by atoms with Crippen molar-refractivity contribution in [3.05, 3.63) is 39.6 Å². The predicted molar refractivity (Wildman–Crippen MR) is 72.5 cm³/mol. The van der Waals surface area contributed by atoms with Gasteiger partial charge in [0.2, 0.25) is 0 Å². The molecule has 0 spiro atoms. The van der Waals surface area contributed by atoms with Gasteiger partial charge in [0.1, 0.15) is 5.01 Å². The highest BCUT2D eigenvalue weighted by molar-refractivity contribution is 7.09. The Kier molecular flexibility index (Phi) is 3.97. The Morgan fingerprint density at radius 2 is 2.24 bits per heavy atom. The SMILES string of the molecule is CCNCc1ccn(Cc2nc(C)cs2)c1C. The number of aromatic nitrogens is 2. The molecule has 4 heteroatoms. The van der Waals surface area contributed by atoms with Gasteiger partial charge in [0.15, 0.2) is 0 Å². The molecular formula is C13H19N3S. The Morgan fingerprint density at radius 1 is 1.41 bits per heavy atom. The third-order valence-electron chi connectivity index (χ3n) is 2.89. The first-order valence-electron chi connectivity index (χ1n) is 5.97. The minimum Gasteiger partial charge on any atom is -0.345 e. The van der Waals surface area contributed by atoms with E-state index in [1.807, 2.05) is 6.92 Å². The number of aryl methyl sites for hydroxylation is 1. The number of rotatable bonds is 5. The van der Waals surface area contributed by atoms with Gasteiger partial charge >= 0.3 is 0 Å². The molecule has 0 saturated heterocycles. The van der Waals surface area contributed by atoms with Gasteiger partial charge in [0.05, 0.1) is 6.54 Å². The van der Waals surface area contributed by atoms with Crippen molar-refractivity contribution in [2.45, 2.75) is 33.9 Å². The van der Waals surface area contributed by atoms with Gasteiger partial charge in [-0.1, -0.05) is 6.92 Å². The lowest BCUT2D eigenvalue weighted by Gasteiger charge is -2.06. The summed E-state index contributed by atoms with van der Waals surface area (Å²) in [6.45, 7) is 9.19. The minimum absolute atomic E-state index is 0.885. The monoisotopic (exact) mass is 249 g/mol. The van der Waals surface area contributed by atoms with Crippen LogP contribution in [-0.4, -0.2) is 16.1 Å². The second-order valence-electron chi connectivity index (χ2n) is 4.22. The van der Waals surface area contributed by atoms with Crippen LogP contribution in [0, 0.1) is 13.8 Å².